The first-order chi connectivity index (χ1) is 27.2. The molecule has 3 aromatic rings. The molecule has 4 saturated heterocycles. The van der Waals surface area contributed by atoms with E-state index in [1.165, 1.54) is 31.4 Å². The number of imide groups is 2. The standard InChI is InChI=1S/C41H51ClN10O4/c1-48-35(18-25-2-3-25)32(20-44-48)37-33(42)21-43-41(47-37)45-28-12-15-50(24-28)23-26-8-13-49(14-9-26)22-27-10-16-51(17-11-27)29-4-5-30-31(19-29)40(56)52(39(30)55)34-6-7-36(53)46-38(34)54/h4-5,19-21,25-28,34H,2-3,6-18,22-24H2,1H3,(H,43,45,47)(H,46,53,54)/t28-,34?/m1/s1. The summed E-state index contributed by atoms with van der Waals surface area (Å²) in [6, 6.07) is 4.79. The molecule has 7 heterocycles. The summed E-state index contributed by atoms with van der Waals surface area (Å²) < 4.78 is 1.96. The molecular formula is C41H51ClN10O4. The van der Waals surface area contributed by atoms with Crippen molar-refractivity contribution in [2.75, 3.05) is 62.6 Å². The van der Waals surface area contributed by atoms with Crippen LogP contribution in [0.15, 0.2) is 30.6 Å². The minimum absolute atomic E-state index is 0.109. The Hall–Kier alpha value is -4.40. The first-order valence-corrected chi connectivity index (χ1v) is 20.9. The quantitative estimate of drug-likeness (QED) is 0.272. The normalized spacial score (nSPS) is 24.3. The van der Waals surface area contributed by atoms with Crippen molar-refractivity contribution >= 4 is 46.9 Å². The van der Waals surface area contributed by atoms with Crippen molar-refractivity contribution in [1.29, 1.82) is 0 Å². The highest BCUT2D eigenvalue weighted by Crippen LogP contribution is 2.37. The van der Waals surface area contributed by atoms with Gasteiger partial charge >= 0.3 is 0 Å². The van der Waals surface area contributed by atoms with Crippen LogP contribution in [0.25, 0.3) is 11.3 Å². The van der Waals surface area contributed by atoms with Crippen molar-refractivity contribution < 1.29 is 19.2 Å². The molecule has 9 rings (SSSR count). The monoisotopic (exact) mass is 782 g/mol. The molecule has 14 nitrogen and oxygen atoms in total. The van der Waals surface area contributed by atoms with Crippen LogP contribution in [0.2, 0.25) is 5.02 Å². The van der Waals surface area contributed by atoms with Crippen LogP contribution >= 0.6 is 11.6 Å². The number of nitrogens with zero attached hydrogens (tertiary/aromatic N) is 8. The zero-order chi connectivity index (χ0) is 38.5. The van der Waals surface area contributed by atoms with Crippen molar-refractivity contribution in [3.63, 3.8) is 0 Å². The Morgan fingerprint density at radius 2 is 1.52 bits per heavy atom. The minimum atomic E-state index is -0.951. The average molecular weight is 783 g/mol. The molecule has 1 unspecified atom stereocenters. The van der Waals surface area contributed by atoms with Gasteiger partial charge in [-0.15, -0.1) is 0 Å². The summed E-state index contributed by atoms with van der Waals surface area (Å²) in [4.78, 5) is 68.6. The molecule has 2 atom stereocenters. The van der Waals surface area contributed by atoms with Gasteiger partial charge in [-0.3, -0.25) is 34.1 Å². The van der Waals surface area contributed by atoms with E-state index >= 15 is 0 Å². The van der Waals surface area contributed by atoms with Crippen molar-refractivity contribution in [1.82, 2.24) is 39.8 Å². The number of halogens is 1. The highest BCUT2D eigenvalue weighted by atomic mass is 35.5. The smallest absolute Gasteiger partial charge is 0.262 e. The SMILES string of the molecule is Cn1ncc(-c2nc(N[C@@H]3CCN(CC4CCN(CC5CCN(c6ccc7c(c6)C(=O)N(C6CCC(=O)NC6=O)C7=O)CC5)CC4)C3)ncc2Cl)c1CC1CC1. The number of carbonyl (C=O) groups excluding carboxylic acids is 4. The maximum absolute atomic E-state index is 13.3. The molecule has 5 aliphatic heterocycles. The maximum Gasteiger partial charge on any atom is 0.262 e. The van der Waals surface area contributed by atoms with Gasteiger partial charge in [-0.05, 0) is 107 Å². The molecule has 56 heavy (non-hydrogen) atoms. The zero-order valence-electron chi connectivity index (χ0n) is 32.1. The van der Waals surface area contributed by atoms with Gasteiger partial charge in [-0.2, -0.15) is 5.10 Å². The van der Waals surface area contributed by atoms with Gasteiger partial charge in [0.25, 0.3) is 11.8 Å². The van der Waals surface area contributed by atoms with Crippen LogP contribution in [0.3, 0.4) is 0 Å². The lowest BCUT2D eigenvalue weighted by molar-refractivity contribution is -0.136. The number of anilines is 2. The summed E-state index contributed by atoms with van der Waals surface area (Å²) in [5.41, 5.74) is 4.56. The third-order valence-corrected chi connectivity index (χ3v) is 13.3. The van der Waals surface area contributed by atoms with Crippen LogP contribution in [-0.4, -0.2) is 123 Å². The third-order valence-electron chi connectivity index (χ3n) is 13.0. The molecule has 0 bridgehead atoms. The van der Waals surface area contributed by atoms with Crippen molar-refractivity contribution in [2.24, 2.45) is 24.8 Å². The Morgan fingerprint density at radius 1 is 0.804 bits per heavy atom. The summed E-state index contributed by atoms with van der Waals surface area (Å²) in [7, 11) is 2.00. The number of piperidine rings is 3. The van der Waals surface area contributed by atoms with Crippen LogP contribution in [0.4, 0.5) is 11.6 Å². The topological polar surface area (TPSA) is 149 Å². The van der Waals surface area contributed by atoms with Crippen LogP contribution < -0.4 is 15.5 Å². The second kappa shape index (κ2) is 15.5. The number of rotatable bonds is 11. The van der Waals surface area contributed by atoms with Gasteiger partial charge in [0.05, 0.1) is 34.2 Å². The number of carbonyl (C=O) groups is 4. The molecule has 15 heteroatoms. The van der Waals surface area contributed by atoms with E-state index in [0.717, 1.165) is 106 Å². The van der Waals surface area contributed by atoms with Gasteiger partial charge in [0.2, 0.25) is 17.8 Å². The number of aryl methyl sites for hydroxylation is 1. The predicted molar refractivity (Wildman–Crippen MR) is 211 cm³/mol. The molecule has 4 amide bonds. The van der Waals surface area contributed by atoms with Gasteiger partial charge in [-0.25, -0.2) is 9.97 Å². The Balaban J connectivity index is 0.712. The van der Waals surface area contributed by atoms with Crippen molar-refractivity contribution in [2.45, 2.75) is 76.3 Å². The van der Waals surface area contributed by atoms with E-state index < -0.39 is 23.8 Å². The lowest BCUT2D eigenvalue weighted by Crippen LogP contribution is -2.54. The number of hydrogen-bond acceptors (Lipinski definition) is 11. The average Bonchev–Trinajstić information content (AvgIpc) is 3.72. The van der Waals surface area contributed by atoms with Gasteiger partial charge < -0.3 is 20.0 Å². The highest BCUT2D eigenvalue weighted by Gasteiger charge is 2.45. The molecule has 1 saturated carbocycles. The lowest BCUT2D eigenvalue weighted by Gasteiger charge is -2.39. The Kier molecular flexibility index (Phi) is 10.3. The van der Waals surface area contributed by atoms with E-state index in [1.807, 2.05) is 24.0 Å². The predicted octanol–water partition coefficient (Wildman–Crippen LogP) is 4.00. The summed E-state index contributed by atoms with van der Waals surface area (Å²) in [6.07, 6.45) is 13.1. The minimum Gasteiger partial charge on any atom is -0.371 e. The third kappa shape index (κ3) is 7.67. The summed E-state index contributed by atoms with van der Waals surface area (Å²) in [6.45, 7) is 8.42. The molecule has 1 aromatic carbocycles. The zero-order valence-corrected chi connectivity index (χ0v) is 32.8. The highest BCUT2D eigenvalue weighted by molar-refractivity contribution is 6.33. The molecule has 6 aliphatic rings. The van der Waals surface area contributed by atoms with Gasteiger partial charge in [0.1, 0.15) is 6.04 Å². The largest absolute Gasteiger partial charge is 0.371 e. The fraction of sp³-hybridized carbons (Fsp3) is 0.585. The second-order valence-electron chi connectivity index (χ2n) is 16.9. The van der Waals surface area contributed by atoms with E-state index in [2.05, 4.69) is 35.4 Å². The van der Waals surface area contributed by atoms with Gasteiger partial charge in [-0.1, -0.05) is 11.6 Å². The molecule has 0 radical (unpaired) electrons. The van der Waals surface area contributed by atoms with Crippen LogP contribution in [-0.2, 0) is 23.1 Å². The molecule has 2 aromatic heterocycles. The van der Waals surface area contributed by atoms with E-state index in [-0.39, 0.29) is 18.7 Å². The maximum atomic E-state index is 13.3. The van der Waals surface area contributed by atoms with Crippen molar-refractivity contribution in [3.05, 3.63) is 52.4 Å². The summed E-state index contributed by atoms with van der Waals surface area (Å²) >= 11 is 6.62. The molecule has 1 aliphatic carbocycles. The Bertz CT molecular complexity index is 2020. The molecular weight excluding hydrogens is 732 g/mol. The summed E-state index contributed by atoms with van der Waals surface area (Å²) in [5.74, 6) is 0.826. The lowest BCUT2D eigenvalue weighted by atomic mass is 9.92. The fourth-order valence-electron chi connectivity index (χ4n) is 9.53. The van der Waals surface area contributed by atoms with E-state index in [4.69, 9.17) is 16.6 Å². The Labute approximate surface area is 332 Å². The first-order valence-electron chi connectivity index (χ1n) is 20.5. The first kappa shape index (κ1) is 37.2. The molecule has 2 N–H and O–H groups in total. The Morgan fingerprint density at radius 3 is 2.27 bits per heavy atom. The van der Waals surface area contributed by atoms with Crippen LogP contribution in [0.5, 0.6) is 0 Å². The second-order valence-corrected chi connectivity index (χ2v) is 17.3. The summed E-state index contributed by atoms with van der Waals surface area (Å²) in [5, 5.41) is 10.9. The number of hydrogen-bond donors (Lipinski definition) is 2. The number of fused-ring (bicyclic) bond motifs is 1. The number of benzene rings is 1. The van der Waals surface area contributed by atoms with E-state index in [1.54, 1.807) is 18.3 Å². The van der Waals surface area contributed by atoms with E-state index in [0.29, 0.717) is 40.0 Å². The van der Waals surface area contributed by atoms with E-state index in [9.17, 15) is 19.2 Å². The molecule has 296 valence electrons. The van der Waals surface area contributed by atoms with Gasteiger partial charge in [0, 0.05) is 75.7 Å². The number of likely N-dealkylation sites (tertiary alicyclic amines) is 2. The van der Waals surface area contributed by atoms with Crippen LogP contribution in [0, 0.1) is 17.8 Å². The fourth-order valence-corrected chi connectivity index (χ4v) is 9.73. The number of nitrogens with one attached hydrogen (secondary N) is 2. The number of aromatic nitrogens is 4. The van der Waals surface area contributed by atoms with Crippen molar-refractivity contribution in [3.8, 4) is 11.3 Å². The number of amides is 4. The molecule has 5 fully saturated rings. The van der Waals surface area contributed by atoms with Crippen LogP contribution in [0.1, 0.15) is 84.2 Å². The van der Waals surface area contributed by atoms with Gasteiger partial charge in [0.15, 0.2) is 0 Å². The molecule has 0 spiro atoms.